The molecular formula is C16H26N2O2. The summed E-state index contributed by atoms with van der Waals surface area (Å²) >= 11 is 0. The summed E-state index contributed by atoms with van der Waals surface area (Å²) in [7, 11) is 0. The zero-order valence-corrected chi connectivity index (χ0v) is 12.7. The van der Waals surface area contributed by atoms with Crippen molar-refractivity contribution in [1.29, 1.82) is 0 Å². The van der Waals surface area contributed by atoms with Crippen LogP contribution in [0, 0.1) is 13.8 Å². The third-order valence-electron chi connectivity index (χ3n) is 3.34. The number of carbonyl (C=O) groups is 1. The van der Waals surface area contributed by atoms with Gasteiger partial charge in [-0.05, 0) is 39.2 Å². The Labute approximate surface area is 121 Å². The highest BCUT2D eigenvalue weighted by Crippen LogP contribution is 2.11. The van der Waals surface area contributed by atoms with Gasteiger partial charge in [0, 0.05) is 17.8 Å². The molecule has 0 saturated carbocycles. The van der Waals surface area contributed by atoms with Crippen molar-refractivity contribution in [3.05, 3.63) is 23.3 Å². The Morgan fingerprint density at radius 2 is 1.60 bits per heavy atom. The molecule has 0 radical (unpaired) electrons. The summed E-state index contributed by atoms with van der Waals surface area (Å²) in [6.45, 7) is 3.95. The van der Waals surface area contributed by atoms with Crippen molar-refractivity contribution in [3.63, 3.8) is 0 Å². The molecule has 0 spiro atoms. The fourth-order valence-corrected chi connectivity index (χ4v) is 2.39. The minimum absolute atomic E-state index is 0.312. The van der Waals surface area contributed by atoms with Crippen LogP contribution in [0.15, 0.2) is 6.07 Å². The van der Waals surface area contributed by atoms with E-state index in [4.69, 9.17) is 5.11 Å². The zero-order valence-electron chi connectivity index (χ0n) is 12.7. The predicted molar refractivity (Wildman–Crippen MR) is 79.8 cm³/mol. The zero-order chi connectivity index (χ0) is 14.8. The van der Waals surface area contributed by atoms with Crippen LogP contribution in [0.3, 0.4) is 0 Å². The molecule has 0 fully saturated rings. The molecular weight excluding hydrogens is 252 g/mol. The molecule has 0 aromatic carbocycles. The van der Waals surface area contributed by atoms with Crippen molar-refractivity contribution in [2.45, 2.75) is 71.6 Å². The fourth-order valence-electron chi connectivity index (χ4n) is 2.39. The lowest BCUT2D eigenvalue weighted by atomic mass is 10.1. The molecule has 0 aliphatic rings. The van der Waals surface area contributed by atoms with E-state index < -0.39 is 5.97 Å². The van der Waals surface area contributed by atoms with Gasteiger partial charge in [0.25, 0.3) is 0 Å². The van der Waals surface area contributed by atoms with Gasteiger partial charge in [-0.25, -0.2) is 9.97 Å². The van der Waals surface area contributed by atoms with Crippen LogP contribution < -0.4 is 0 Å². The van der Waals surface area contributed by atoms with Crippen molar-refractivity contribution < 1.29 is 9.90 Å². The summed E-state index contributed by atoms with van der Waals surface area (Å²) in [5.41, 5.74) is 2.20. The SMILES string of the molecule is Cc1cc(CCCCCCCCCC(=O)O)nc(C)n1. The lowest BCUT2D eigenvalue weighted by Crippen LogP contribution is -1.97. The summed E-state index contributed by atoms with van der Waals surface area (Å²) in [6, 6.07) is 2.07. The highest BCUT2D eigenvalue weighted by Gasteiger charge is 2.00. The van der Waals surface area contributed by atoms with Crippen molar-refractivity contribution in [2.24, 2.45) is 0 Å². The van der Waals surface area contributed by atoms with Crippen LogP contribution in [-0.4, -0.2) is 21.0 Å². The van der Waals surface area contributed by atoms with E-state index in [1.807, 2.05) is 13.8 Å². The first-order valence-corrected chi connectivity index (χ1v) is 7.61. The number of aryl methyl sites for hydroxylation is 3. The van der Waals surface area contributed by atoms with Crippen LogP contribution in [0.1, 0.15) is 68.6 Å². The summed E-state index contributed by atoms with van der Waals surface area (Å²) in [4.78, 5) is 19.1. The monoisotopic (exact) mass is 278 g/mol. The first-order valence-electron chi connectivity index (χ1n) is 7.61. The quantitative estimate of drug-likeness (QED) is 0.660. The minimum atomic E-state index is -0.680. The molecule has 0 aliphatic heterocycles. The Bertz CT molecular complexity index is 399. The lowest BCUT2D eigenvalue weighted by Gasteiger charge is -2.04. The van der Waals surface area contributed by atoms with Gasteiger partial charge in [0.2, 0.25) is 0 Å². The molecule has 1 heterocycles. The Hall–Kier alpha value is -1.45. The maximum Gasteiger partial charge on any atom is 0.303 e. The molecule has 0 aliphatic carbocycles. The van der Waals surface area contributed by atoms with E-state index in [1.165, 1.54) is 25.7 Å². The molecule has 20 heavy (non-hydrogen) atoms. The standard InChI is InChI=1S/C16H26N2O2/c1-13-12-15(18-14(2)17-13)10-8-6-4-3-5-7-9-11-16(19)20/h12H,3-11H2,1-2H3,(H,19,20). The topological polar surface area (TPSA) is 63.1 Å². The highest BCUT2D eigenvalue weighted by atomic mass is 16.4. The summed E-state index contributed by atoms with van der Waals surface area (Å²) in [5, 5.41) is 8.52. The highest BCUT2D eigenvalue weighted by molar-refractivity contribution is 5.66. The lowest BCUT2D eigenvalue weighted by molar-refractivity contribution is -0.137. The molecule has 0 unspecified atom stereocenters. The van der Waals surface area contributed by atoms with E-state index in [0.717, 1.165) is 42.9 Å². The van der Waals surface area contributed by atoms with Gasteiger partial charge >= 0.3 is 5.97 Å². The van der Waals surface area contributed by atoms with Gasteiger partial charge in [-0.15, -0.1) is 0 Å². The molecule has 4 heteroatoms. The molecule has 112 valence electrons. The van der Waals surface area contributed by atoms with E-state index in [2.05, 4.69) is 16.0 Å². The van der Waals surface area contributed by atoms with Crippen molar-refractivity contribution in [3.8, 4) is 0 Å². The maximum absolute atomic E-state index is 10.3. The maximum atomic E-state index is 10.3. The van der Waals surface area contributed by atoms with Gasteiger partial charge in [-0.3, -0.25) is 4.79 Å². The molecule has 0 atom stereocenters. The van der Waals surface area contributed by atoms with Gasteiger partial charge in [0.15, 0.2) is 0 Å². The predicted octanol–water partition coefficient (Wildman–Crippen LogP) is 3.84. The van der Waals surface area contributed by atoms with Gasteiger partial charge in [0.1, 0.15) is 5.82 Å². The van der Waals surface area contributed by atoms with E-state index in [-0.39, 0.29) is 0 Å². The largest absolute Gasteiger partial charge is 0.481 e. The van der Waals surface area contributed by atoms with Crippen LogP contribution >= 0.6 is 0 Å². The molecule has 1 rings (SSSR count). The first kappa shape index (κ1) is 16.6. The van der Waals surface area contributed by atoms with E-state index in [9.17, 15) is 4.79 Å². The third kappa shape index (κ3) is 7.87. The first-order chi connectivity index (χ1) is 9.58. The summed E-state index contributed by atoms with van der Waals surface area (Å²) in [5.74, 6) is 0.180. The second-order valence-corrected chi connectivity index (χ2v) is 5.42. The van der Waals surface area contributed by atoms with Crippen LogP contribution in [0.2, 0.25) is 0 Å². The van der Waals surface area contributed by atoms with Crippen molar-refractivity contribution in [1.82, 2.24) is 9.97 Å². The number of nitrogens with zero attached hydrogens (tertiary/aromatic N) is 2. The van der Waals surface area contributed by atoms with Crippen molar-refractivity contribution >= 4 is 5.97 Å². The molecule has 1 aromatic heterocycles. The number of hydrogen-bond donors (Lipinski definition) is 1. The second kappa shape index (κ2) is 9.45. The average Bonchev–Trinajstić information content (AvgIpc) is 2.35. The van der Waals surface area contributed by atoms with Crippen molar-refractivity contribution in [2.75, 3.05) is 0 Å². The van der Waals surface area contributed by atoms with E-state index >= 15 is 0 Å². The Morgan fingerprint density at radius 1 is 1.00 bits per heavy atom. The van der Waals surface area contributed by atoms with Gasteiger partial charge in [-0.2, -0.15) is 0 Å². The number of aliphatic carboxylic acids is 1. The minimum Gasteiger partial charge on any atom is -0.481 e. The molecule has 4 nitrogen and oxygen atoms in total. The molecule has 1 N–H and O–H groups in total. The molecule has 0 bridgehead atoms. The Balaban J connectivity index is 2.00. The Morgan fingerprint density at radius 3 is 2.20 bits per heavy atom. The number of carboxylic acid groups (broad SMARTS) is 1. The molecule has 1 aromatic rings. The normalized spacial score (nSPS) is 10.7. The number of unbranched alkanes of at least 4 members (excludes halogenated alkanes) is 6. The van der Waals surface area contributed by atoms with E-state index in [0.29, 0.717) is 6.42 Å². The molecule has 0 saturated heterocycles. The van der Waals surface area contributed by atoms with Crippen LogP contribution in [0.5, 0.6) is 0 Å². The average molecular weight is 278 g/mol. The van der Waals surface area contributed by atoms with Gasteiger partial charge in [-0.1, -0.05) is 32.1 Å². The third-order valence-corrected chi connectivity index (χ3v) is 3.34. The van der Waals surface area contributed by atoms with Crippen LogP contribution in [-0.2, 0) is 11.2 Å². The van der Waals surface area contributed by atoms with Crippen LogP contribution in [0.4, 0.5) is 0 Å². The second-order valence-electron chi connectivity index (χ2n) is 5.42. The van der Waals surface area contributed by atoms with E-state index in [1.54, 1.807) is 0 Å². The smallest absolute Gasteiger partial charge is 0.303 e. The van der Waals surface area contributed by atoms with Gasteiger partial charge < -0.3 is 5.11 Å². The fraction of sp³-hybridized carbons (Fsp3) is 0.688. The van der Waals surface area contributed by atoms with Crippen LogP contribution in [0.25, 0.3) is 0 Å². The molecule has 0 amide bonds. The number of hydrogen-bond acceptors (Lipinski definition) is 3. The summed E-state index contributed by atoms with van der Waals surface area (Å²) in [6.07, 6.45) is 9.18. The number of aromatic nitrogens is 2. The number of carboxylic acids is 1. The van der Waals surface area contributed by atoms with Gasteiger partial charge in [0.05, 0.1) is 0 Å². The summed E-state index contributed by atoms with van der Waals surface area (Å²) < 4.78 is 0. The number of rotatable bonds is 10. The Kier molecular flexibility index (Phi) is 7.85.